The monoisotopic (exact) mass is 254 g/mol. The van der Waals surface area contributed by atoms with E-state index in [2.05, 4.69) is 12.6 Å². The Labute approximate surface area is 90.8 Å². The van der Waals surface area contributed by atoms with Gasteiger partial charge in [-0.25, -0.2) is 8.78 Å². The van der Waals surface area contributed by atoms with Crippen LogP contribution < -0.4 is 0 Å². The minimum atomic E-state index is -1.55. The molecular formula is C6H10Cl2F2S2. The van der Waals surface area contributed by atoms with Crippen LogP contribution in [0, 0.1) is 0 Å². The molecule has 0 aliphatic carbocycles. The van der Waals surface area contributed by atoms with Crippen LogP contribution in [0.15, 0.2) is 0 Å². The summed E-state index contributed by atoms with van der Waals surface area (Å²) < 4.78 is 25.3. The topological polar surface area (TPSA) is 0 Å². The Morgan fingerprint density at radius 2 is 2.00 bits per heavy atom. The summed E-state index contributed by atoms with van der Waals surface area (Å²) in [5.41, 5.74) is -1.55. The molecule has 0 bridgehead atoms. The second-order valence-electron chi connectivity index (χ2n) is 2.13. The lowest BCUT2D eigenvalue weighted by Crippen LogP contribution is -2.18. The molecule has 0 N–H and O–H groups in total. The van der Waals surface area contributed by atoms with Crippen molar-refractivity contribution >= 4 is 47.6 Å². The normalized spacial score (nSPS) is 18.8. The van der Waals surface area contributed by atoms with Crippen molar-refractivity contribution in [2.75, 3.05) is 17.4 Å². The van der Waals surface area contributed by atoms with Gasteiger partial charge in [-0.3, -0.25) is 0 Å². The summed E-state index contributed by atoms with van der Waals surface area (Å²) in [6, 6.07) is 0. The van der Waals surface area contributed by atoms with E-state index in [1.165, 1.54) is 0 Å². The van der Waals surface area contributed by atoms with Gasteiger partial charge in [-0.05, 0) is 0 Å². The highest BCUT2D eigenvalue weighted by Gasteiger charge is 2.20. The fourth-order valence-corrected chi connectivity index (χ4v) is 2.03. The lowest BCUT2D eigenvalue weighted by atomic mass is 10.5. The van der Waals surface area contributed by atoms with Gasteiger partial charge >= 0.3 is 0 Å². The van der Waals surface area contributed by atoms with Crippen LogP contribution in [0.4, 0.5) is 8.78 Å². The number of thioether (sulfide) groups is 1. The average molecular weight is 255 g/mol. The summed E-state index contributed by atoms with van der Waals surface area (Å²) in [5.74, 6) is 0.460. The third-order valence-corrected chi connectivity index (χ3v) is 3.64. The van der Waals surface area contributed by atoms with E-state index < -0.39 is 11.7 Å². The maximum absolute atomic E-state index is 12.7. The highest BCUT2D eigenvalue weighted by atomic mass is 35.5. The fourth-order valence-electron chi connectivity index (χ4n) is 0.428. The van der Waals surface area contributed by atoms with Crippen LogP contribution in [0.1, 0.15) is 0 Å². The Hall–Kier alpha value is 1.14. The number of thiol groups is 1. The summed E-state index contributed by atoms with van der Waals surface area (Å²) in [5, 5.41) is -0.304. The quantitative estimate of drug-likeness (QED) is 0.562. The molecule has 0 aromatic rings. The zero-order valence-electron chi connectivity index (χ0n) is 6.22. The number of alkyl halides is 4. The molecule has 12 heavy (non-hydrogen) atoms. The van der Waals surface area contributed by atoms with Gasteiger partial charge in [0.05, 0.1) is 5.38 Å². The van der Waals surface area contributed by atoms with Crippen molar-refractivity contribution in [3.05, 3.63) is 0 Å². The smallest absolute Gasteiger partial charge is 0.177 e. The van der Waals surface area contributed by atoms with Gasteiger partial charge in [0.15, 0.2) is 5.50 Å². The van der Waals surface area contributed by atoms with E-state index in [9.17, 15) is 8.78 Å². The second kappa shape index (κ2) is 7.54. The van der Waals surface area contributed by atoms with Gasteiger partial charge in [-0.1, -0.05) is 0 Å². The molecule has 0 nitrogen and oxygen atoms in total. The first kappa shape index (κ1) is 13.1. The third kappa shape index (κ3) is 5.73. The maximum Gasteiger partial charge on any atom is 0.177 e. The molecule has 0 aliphatic rings. The number of hydrogen-bond acceptors (Lipinski definition) is 2. The van der Waals surface area contributed by atoms with Crippen molar-refractivity contribution in [3.63, 3.8) is 0 Å². The van der Waals surface area contributed by atoms with Gasteiger partial charge in [-0.15, -0.1) is 35.0 Å². The molecule has 6 heteroatoms. The molecule has 0 saturated heterocycles. The van der Waals surface area contributed by atoms with E-state index >= 15 is 0 Å². The van der Waals surface area contributed by atoms with E-state index in [1.54, 1.807) is 0 Å². The van der Waals surface area contributed by atoms with E-state index in [0.717, 1.165) is 11.8 Å². The minimum Gasteiger partial charge on any atom is -0.242 e. The van der Waals surface area contributed by atoms with Crippen LogP contribution in [0.2, 0.25) is 0 Å². The highest BCUT2D eigenvalue weighted by molar-refractivity contribution is 7.99. The molecule has 0 saturated carbocycles. The van der Waals surface area contributed by atoms with Crippen LogP contribution in [0.3, 0.4) is 0 Å². The summed E-state index contributed by atoms with van der Waals surface area (Å²) >= 11 is 15.4. The third-order valence-electron chi connectivity index (χ3n) is 1.06. The molecule has 0 radical (unpaired) electrons. The molecule has 0 aliphatic heterocycles. The Bertz CT molecular complexity index is 118. The summed E-state index contributed by atoms with van der Waals surface area (Å²) in [6.45, 7) is 0. The molecule has 0 spiro atoms. The van der Waals surface area contributed by atoms with E-state index in [0.29, 0.717) is 5.75 Å². The minimum absolute atomic E-state index is 0.109. The van der Waals surface area contributed by atoms with Crippen molar-refractivity contribution in [2.24, 2.45) is 0 Å². The lowest BCUT2D eigenvalue weighted by molar-refractivity contribution is 0.259. The molecule has 0 heterocycles. The van der Waals surface area contributed by atoms with Crippen LogP contribution >= 0.6 is 47.6 Å². The molecule has 0 aromatic carbocycles. The largest absolute Gasteiger partial charge is 0.242 e. The molecule has 0 amide bonds. The number of hydrogen-bond donors (Lipinski definition) is 1. The zero-order chi connectivity index (χ0) is 9.56. The fraction of sp³-hybridized carbons (Fsp3) is 1.00. The summed E-state index contributed by atoms with van der Waals surface area (Å²) in [6.07, 6.45) is -1.53. The molecule has 0 fully saturated rings. The maximum atomic E-state index is 12.7. The SMILES string of the molecule is FC(CS)C(F)SCC(Cl)CCl. The Balaban J connectivity index is 3.49. The predicted octanol–water partition coefficient (Wildman–Crippen LogP) is 3.13. The first-order valence-corrected chi connectivity index (χ1v) is 5.97. The Kier molecular flexibility index (Phi) is 8.25. The zero-order valence-corrected chi connectivity index (χ0v) is 9.44. The molecule has 3 unspecified atom stereocenters. The van der Waals surface area contributed by atoms with Crippen LogP contribution in [0.25, 0.3) is 0 Å². The first-order valence-electron chi connectivity index (χ1n) is 3.32. The van der Waals surface area contributed by atoms with E-state index in [-0.39, 0.29) is 17.0 Å². The van der Waals surface area contributed by atoms with Crippen molar-refractivity contribution < 1.29 is 8.78 Å². The standard InChI is InChI=1S/C6H10Cl2F2S2/c7-1-4(8)3-12-6(10)5(9)2-11/h4-6,11H,1-3H2. The van der Waals surface area contributed by atoms with E-state index in [4.69, 9.17) is 23.2 Å². The summed E-state index contributed by atoms with van der Waals surface area (Å²) in [7, 11) is 0. The molecular weight excluding hydrogens is 245 g/mol. The highest BCUT2D eigenvalue weighted by Crippen LogP contribution is 2.22. The van der Waals surface area contributed by atoms with Crippen LogP contribution in [-0.4, -0.2) is 34.4 Å². The molecule has 0 aromatic heterocycles. The van der Waals surface area contributed by atoms with Crippen molar-refractivity contribution in [2.45, 2.75) is 17.1 Å². The summed E-state index contributed by atoms with van der Waals surface area (Å²) in [4.78, 5) is 0. The van der Waals surface area contributed by atoms with Crippen molar-refractivity contribution in [3.8, 4) is 0 Å². The molecule has 74 valence electrons. The number of halogens is 4. The molecule has 0 rings (SSSR count). The first-order chi connectivity index (χ1) is 5.61. The Morgan fingerprint density at radius 1 is 1.42 bits per heavy atom. The van der Waals surface area contributed by atoms with Gasteiger partial charge < -0.3 is 0 Å². The predicted molar refractivity (Wildman–Crippen MR) is 56.5 cm³/mol. The average Bonchev–Trinajstić information content (AvgIpc) is 2.11. The van der Waals surface area contributed by atoms with E-state index in [1.807, 2.05) is 0 Å². The van der Waals surface area contributed by atoms with Crippen molar-refractivity contribution in [1.29, 1.82) is 0 Å². The van der Waals surface area contributed by atoms with Crippen LogP contribution in [0.5, 0.6) is 0 Å². The number of rotatable bonds is 6. The van der Waals surface area contributed by atoms with Gasteiger partial charge in [0.25, 0.3) is 0 Å². The molecule has 3 atom stereocenters. The Morgan fingerprint density at radius 3 is 2.42 bits per heavy atom. The van der Waals surface area contributed by atoms with Gasteiger partial charge in [-0.2, -0.15) is 12.6 Å². The van der Waals surface area contributed by atoms with Gasteiger partial charge in [0.2, 0.25) is 0 Å². The van der Waals surface area contributed by atoms with Crippen LogP contribution in [-0.2, 0) is 0 Å². The van der Waals surface area contributed by atoms with Gasteiger partial charge in [0, 0.05) is 17.4 Å². The lowest BCUT2D eigenvalue weighted by Gasteiger charge is -2.11. The van der Waals surface area contributed by atoms with Gasteiger partial charge in [0.1, 0.15) is 6.17 Å². The second-order valence-corrected chi connectivity index (χ2v) is 4.54. The van der Waals surface area contributed by atoms with Crippen molar-refractivity contribution in [1.82, 2.24) is 0 Å².